The molecule has 0 spiro atoms. The summed E-state index contributed by atoms with van der Waals surface area (Å²) in [6.45, 7) is 2.58. The molecule has 142 valence electrons. The summed E-state index contributed by atoms with van der Waals surface area (Å²) in [5, 5.41) is 4.65. The maximum atomic E-state index is 12.2. The van der Waals surface area contributed by atoms with Crippen LogP contribution in [0.15, 0.2) is 64.7 Å². The molecule has 0 unspecified atom stereocenters. The van der Waals surface area contributed by atoms with E-state index in [9.17, 15) is 13.2 Å². The summed E-state index contributed by atoms with van der Waals surface area (Å²) in [4.78, 5) is 16.1. The van der Waals surface area contributed by atoms with Gasteiger partial charge in [0.1, 0.15) is 4.21 Å². The van der Waals surface area contributed by atoms with Crippen molar-refractivity contribution in [3.05, 3.63) is 66.1 Å². The van der Waals surface area contributed by atoms with Gasteiger partial charge in [-0.15, -0.1) is 11.3 Å². The molecule has 0 aliphatic rings. The Morgan fingerprint density at radius 2 is 2.04 bits per heavy atom. The number of hydrogen-bond donors (Lipinski definition) is 2. The van der Waals surface area contributed by atoms with Gasteiger partial charge in [-0.25, -0.2) is 13.4 Å². The second kappa shape index (κ2) is 8.36. The van der Waals surface area contributed by atoms with Gasteiger partial charge in [0.2, 0.25) is 5.91 Å². The standard InChI is InChI=1S/C18H20N4O3S2/c1-14(12-22-9-8-19-13-22)20-17(23)11-15-4-6-16(7-5-15)21-27(24,25)18-3-2-10-26-18/h2-10,13-14,21H,11-12H2,1H3,(H,20,23)/t14-/m0/s1. The van der Waals surface area contributed by atoms with Gasteiger partial charge in [-0.3, -0.25) is 9.52 Å². The van der Waals surface area contributed by atoms with Crippen LogP contribution in [0.25, 0.3) is 0 Å². The van der Waals surface area contributed by atoms with Gasteiger partial charge in [0, 0.05) is 30.7 Å². The number of aromatic nitrogens is 2. The maximum Gasteiger partial charge on any atom is 0.271 e. The summed E-state index contributed by atoms with van der Waals surface area (Å²) in [6, 6.07) is 10.0. The van der Waals surface area contributed by atoms with E-state index in [0.717, 1.165) is 16.9 Å². The fourth-order valence-electron chi connectivity index (χ4n) is 2.58. The van der Waals surface area contributed by atoms with Crippen LogP contribution in [0.2, 0.25) is 0 Å². The van der Waals surface area contributed by atoms with Crippen molar-refractivity contribution in [1.29, 1.82) is 0 Å². The van der Waals surface area contributed by atoms with Crippen molar-refractivity contribution in [3.8, 4) is 0 Å². The molecule has 2 aromatic heterocycles. The van der Waals surface area contributed by atoms with Crippen molar-refractivity contribution in [2.75, 3.05) is 4.72 Å². The zero-order valence-corrected chi connectivity index (χ0v) is 16.3. The third kappa shape index (κ3) is 5.41. The monoisotopic (exact) mass is 404 g/mol. The largest absolute Gasteiger partial charge is 0.352 e. The molecular formula is C18H20N4O3S2. The van der Waals surface area contributed by atoms with Crippen molar-refractivity contribution in [3.63, 3.8) is 0 Å². The SMILES string of the molecule is C[C@@H](Cn1ccnc1)NC(=O)Cc1ccc(NS(=O)(=O)c2cccs2)cc1. The number of nitrogens with one attached hydrogen (secondary N) is 2. The van der Waals surface area contributed by atoms with Gasteiger partial charge in [-0.05, 0) is 36.1 Å². The number of benzene rings is 1. The first-order valence-corrected chi connectivity index (χ1v) is 10.7. The van der Waals surface area contributed by atoms with E-state index < -0.39 is 10.0 Å². The van der Waals surface area contributed by atoms with Crippen molar-refractivity contribution in [2.45, 2.75) is 30.1 Å². The quantitative estimate of drug-likeness (QED) is 0.603. The summed E-state index contributed by atoms with van der Waals surface area (Å²) >= 11 is 1.16. The molecule has 0 saturated carbocycles. The van der Waals surface area contributed by atoms with Gasteiger partial charge in [0.05, 0.1) is 12.7 Å². The maximum absolute atomic E-state index is 12.2. The molecule has 1 atom stereocenters. The summed E-state index contributed by atoms with van der Waals surface area (Å²) in [5.41, 5.74) is 1.27. The molecule has 0 fully saturated rings. The Morgan fingerprint density at radius 3 is 2.67 bits per heavy atom. The predicted octanol–water partition coefficient (Wildman–Crippen LogP) is 2.49. The lowest BCUT2D eigenvalue weighted by Crippen LogP contribution is -2.36. The average Bonchev–Trinajstić information content (AvgIpc) is 3.30. The summed E-state index contributed by atoms with van der Waals surface area (Å²) in [5.74, 6) is -0.0884. The number of amides is 1. The van der Waals surface area contributed by atoms with Crippen molar-refractivity contribution in [2.24, 2.45) is 0 Å². The number of imidazole rings is 1. The Labute approximate surface area is 162 Å². The van der Waals surface area contributed by atoms with E-state index >= 15 is 0 Å². The van der Waals surface area contributed by atoms with Crippen molar-refractivity contribution >= 4 is 33.0 Å². The van der Waals surface area contributed by atoms with Crippen LogP contribution in [0.5, 0.6) is 0 Å². The smallest absolute Gasteiger partial charge is 0.271 e. The number of rotatable bonds is 8. The fourth-order valence-corrected chi connectivity index (χ4v) is 4.63. The fraction of sp³-hybridized carbons (Fsp3) is 0.222. The molecule has 9 heteroatoms. The molecule has 0 aliphatic carbocycles. The second-order valence-corrected chi connectivity index (χ2v) is 9.00. The number of carbonyl (C=O) groups excluding carboxylic acids is 1. The highest BCUT2D eigenvalue weighted by Crippen LogP contribution is 2.20. The summed E-state index contributed by atoms with van der Waals surface area (Å²) in [7, 11) is -3.56. The Balaban J connectivity index is 1.53. The average molecular weight is 405 g/mol. The molecular weight excluding hydrogens is 384 g/mol. The van der Waals surface area contributed by atoms with E-state index in [1.54, 1.807) is 54.3 Å². The second-order valence-electron chi connectivity index (χ2n) is 6.14. The molecule has 3 rings (SSSR count). The number of anilines is 1. The van der Waals surface area contributed by atoms with Crippen LogP contribution in [0.3, 0.4) is 0 Å². The molecule has 0 bridgehead atoms. The lowest BCUT2D eigenvalue weighted by molar-refractivity contribution is -0.121. The topological polar surface area (TPSA) is 93.1 Å². The first-order chi connectivity index (χ1) is 12.9. The minimum atomic E-state index is -3.56. The van der Waals surface area contributed by atoms with Gasteiger partial charge < -0.3 is 9.88 Å². The Hall–Kier alpha value is -2.65. The van der Waals surface area contributed by atoms with Crippen LogP contribution in [0.1, 0.15) is 12.5 Å². The normalized spacial score (nSPS) is 12.5. The van der Waals surface area contributed by atoms with Crippen molar-refractivity contribution in [1.82, 2.24) is 14.9 Å². The van der Waals surface area contributed by atoms with Gasteiger partial charge in [-0.2, -0.15) is 0 Å². The highest BCUT2D eigenvalue weighted by molar-refractivity contribution is 7.94. The van der Waals surface area contributed by atoms with E-state index in [1.165, 1.54) is 0 Å². The highest BCUT2D eigenvalue weighted by Gasteiger charge is 2.15. The van der Waals surface area contributed by atoms with E-state index in [1.807, 2.05) is 17.7 Å². The molecule has 2 heterocycles. The van der Waals surface area contributed by atoms with Crippen molar-refractivity contribution < 1.29 is 13.2 Å². The number of carbonyl (C=O) groups is 1. The van der Waals surface area contributed by atoms with Crippen LogP contribution in [-0.4, -0.2) is 29.9 Å². The Bertz CT molecular complexity index is 966. The van der Waals surface area contributed by atoms with Gasteiger partial charge >= 0.3 is 0 Å². The summed E-state index contributed by atoms with van der Waals surface area (Å²) in [6.07, 6.45) is 5.48. The van der Waals surface area contributed by atoms with E-state index in [0.29, 0.717) is 12.2 Å². The molecule has 0 saturated heterocycles. The van der Waals surface area contributed by atoms with E-state index in [-0.39, 0.29) is 22.6 Å². The number of hydrogen-bond acceptors (Lipinski definition) is 5. The Kier molecular flexibility index (Phi) is 5.92. The van der Waals surface area contributed by atoms with Gasteiger partial charge in [0.25, 0.3) is 10.0 Å². The first-order valence-electron chi connectivity index (χ1n) is 8.33. The first kappa shape index (κ1) is 19.1. The van der Waals surface area contributed by atoms with Crippen LogP contribution in [0.4, 0.5) is 5.69 Å². The molecule has 3 aromatic rings. The molecule has 27 heavy (non-hydrogen) atoms. The molecule has 2 N–H and O–H groups in total. The third-order valence-corrected chi connectivity index (χ3v) is 6.56. The zero-order valence-electron chi connectivity index (χ0n) is 14.7. The van der Waals surface area contributed by atoms with Gasteiger partial charge in [-0.1, -0.05) is 18.2 Å². The molecule has 1 aromatic carbocycles. The van der Waals surface area contributed by atoms with Crippen LogP contribution < -0.4 is 10.0 Å². The molecule has 1 amide bonds. The minimum absolute atomic E-state index is 0.0245. The third-order valence-electron chi connectivity index (χ3n) is 3.78. The van der Waals surface area contributed by atoms with Gasteiger partial charge in [0.15, 0.2) is 0 Å². The molecule has 0 aliphatic heterocycles. The van der Waals surface area contributed by atoms with Crippen LogP contribution >= 0.6 is 11.3 Å². The van der Waals surface area contributed by atoms with Crippen LogP contribution in [-0.2, 0) is 27.8 Å². The van der Waals surface area contributed by atoms with E-state index in [2.05, 4.69) is 15.0 Å². The number of thiophene rings is 1. The lowest BCUT2D eigenvalue weighted by atomic mass is 10.1. The number of nitrogens with zero attached hydrogens (tertiary/aromatic N) is 2. The molecule has 0 radical (unpaired) electrons. The summed E-state index contributed by atoms with van der Waals surface area (Å²) < 4.78 is 29.1. The highest BCUT2D eigenvalue weighted by atomic mass is 32.2. The zero-order chi connectivity index (χ0) is 19.3. The molecule has 7 nitrogen and oxygen atoms in total. The Morgan fingerprint density at radius 1 is 1.26 bits per heavy atom. The van der Waals surface area contributed by atoms with Crippen LogP contribution in [0, 0.1) is 0 Å². The lowest BCUT2D eigenvalue weighted by Gasteiger charge is -2.14. The minimum Gasteiger partial charge on any atom is -0.352 e. The van der Waals surface area contributed by atoms with E-state index in [4.69, 9.17) is 0 Å². The number of sulfonamides is 1. The predicted molar refractivity (Wildman–Crippen MR) is 105 cm³/mol.